The van der Waals surface area contributed by atoms with Crippen molar-refractivity contribution in [2.45, 2.75) is 63.8 Å². The van der Waals surface area contributed by atoms with Crippen LogP contribution in [0.5, 0.6) is 0 Å². The summed E-state index contributed by atoms with van der Waals surface area (Å²) in [5, 5.41) is 14.7. The number of carboxylic acids is 1. The van der Waals surface area contributed by atoms with E-state index in [1.807, 2.05) is 0 Å². The lowest BCUT2D eigenvalue weighted by Crippen LogP contribution is -2.57. The van der Waals surface area contributed by atoms with Crippen molar-refractivity contribution in [1.82, 2.24) is 10.6 Å². The lowest BCUT2D eigenvalue weighted by molar-refractivity contribution is -0.139. The number of carbonyl (C=O) groups is 2. The minimum absolute atomic E-state index is 0.0280. The van der Waals surface area contributed by atoms with E-state index < -0.39 is 11.5 Å². The fourth-order valence-electron chi connectivity index (χ4n) is 3.44. The van der Waals surface area contributed by atoms with Crippen LogP contribution in [0.3, 0.4) is 0 Å². The van der Waals surface area contributed by atoms with Crippen molar-refractivity contribution >= 4 is 12.0 Å². The highest BCUT2D eigenvalue weighted by molar-refractivity contribution is 5.77. The average Bonchev–Trinajstić information content (AvgIpc) is 2.34. The van der Waals surface area contributed by atoms with Gasteiger partial charge in [-0.1, -0.05) is 26.2 Å². The molecule has 0 aliphatic heterocycles. The second kappa shape index (κ2) is 6.46. The monoisotopic (exact) mass is 282 g/mol. The third-order valence-corrected chi connectivity index (χ3v) is 4.99. The van der Waals surface area contributed by atoms with E-state index in [1.165, 1.54) is 25.7 Å². The van der Waals surface area contributed by atoms with E-state index in [4.69, 9.17) is 5.11 Å². The molecular formula is C15H26N2O3. The number of carboxylic acid groups (broad SMARTS) is 1. The van der Waals surface area contributed by atoms with E-state index in [0.717, 1.165) is 19.3 Å². The second-order valence-corrected chi connectivity index (χ2v) is 6.56. The lowest BCUT2D eigenvalue weighted by atomic mass is 9.74. The number of rotatable bonds is 5. The Balaban J connectivity index is 1.75. The zero-order valence-electron chi connectivity index (χ0n) is 12.3. The van der Waals surface area contributed by atoms with E-state index in [1.54, 1.807) is 0 Å². The molecule has 0 aromatic rings. The molecule has 0 heterocycles. The number of nitrogens with one attached hydrogen (secondary N) is 2. The molecule has 2 aliphatic rings. The van der Waals surface area contributed by atoms with Crippen LogP contribution in [0.2, 0.25) is 0 Å². The number of amides is 2. The van der Waals surface area contributed by atoms with Crippen LogP contribution in [-0.4, -0.2) is 29.2 Å². The van der Waals surface area contributed by atoms with E-state index >= 15 is 0 Å². The van der Waals surface area contributed by atoms with Crippen LogP contribution in [0, 0.1) is 11.8 Å². The second-order valence-electron chi connectivity index (χ2n) is 6.56. The SMILES string of the molecule is CC1CCCCC1CNC(=O)NC1(CC(=O)O)CCC1. The number of hydrogen-bond donors (Lipinski definition) is 3. The minimum atomic E-state index is -0.842. The molecule has 2 saturated carbocycles. The maximum absolute atomic E-state index is 12.0. The van der Waals surface area contributed by atoms with Crippen molar-refractivity contribution in [3.63, 3.8) is 0 Å². The van der Waals surface area contributed by atoms with Crippen LogP contribution < -0.4 is 10.6 Å². The maximum atomic E-state index is 12.0. The molecule has 2 unspecified atom stereocenters. The van der Waals surface area contributed by atoms with E-state index in [-0.39, 0.29) is 12.5 Å². The summed E-state index contributed by atoms with van der Waals surface area (Å²) >= 11 is 0. The van der Waals surface area contributed by atoms with Gasteiger partial charge in [0.15, 0.2) is 0 Å². The highest BCUT2D eigenvalue weighted by Gasteiger charge is 2.40. The molecule has 0 aromatic heterocycles. The molecule has 2 rings (SSSR count). The molecule has 0 spiro atoms. The summed E-state index contributed by atoms with van der Waals surface area (Å²) in [5.74, 6) is 0.387. The van der Waals surface area contributed by atoms with Gasteiger partial charge in [-0.25, -0.2) is 4.79 Å². The maximum Gasteiger partial charge on any atom is 0.315 e. The summed E-state index contributed by atoms with van der Waals surface area (Å²) in [5.41, 5.74) is -0.506. The largest absolute Gasteiger partial charge is 0.481 e. The van der Waals surface area contributed by atoms with Crippen molar-refractivity contribution in [3.05, 3.63) is 0 Å². The van der Waals surface area contributed by atoms with Gasteiger partial charge in [0.25, 0.3) is 0 Å². The number of carbonyl (C=O) groups excluding carboxylic acids is 1. The van der Waals surface area contributed by atoms with Gasteiger partial charge in [0.05, 0.1) is 12.0 Å². The van der Waals surface area contributed by atoms with Crippen molar-refractivity contribution in [2.75, 3.05) is 6.54 Å². The first-order valence-corrected chi connectivity index (χ1v) is 7.79. The van der Waals surface area contributed by atoms with Gasteiger partial charge < -0.3 is 15.7 Å². The zero-order chi connectivity index (χ0) is 14.6. The average molecular weight is 282 g/mol. The van der Waals surface area contributed by atoms with Crippen molar-refractivity contribution < 1.29 is 14.7 Å². The molecule has 2 atom stereocenters. The minimum Gasteiger partial charge on any atom is -0.481 e. The quantitative estimate of drug-likeness (QED) is 0.725. The summed E-state index contributed by atoms with van der Waals surface area (Å²) < 4.78 is 0. The summed E-state index contributed by atoms with van der Waals surface area (Å²) in [7, 11) is 0. The summed E-state index contributed by atoms with van der Waals surface area (Å²) in [6.45, 7) is 2.96. The van der Waals surface area contributed by atoms with Gasteiger partial charge in [-0.3, -0.25) is 4.79 Å². The summed E-state index contributed by atoms with van der Waals surface area (Å²) in [4.78, 5) is 22.8. The Labute approximate surface area is 120 Å². The molecule has 5 nitrogen and oxygen atoms in total. The molecule has 2 fully saturated rings. The first kappa shape index (κ1) is 15.1. The van der Waals surface area contributed by atoms with Crippen molar-refractivity contribution in [2.24, 2.45) is 11.8 Å². The lowest BCUT2D eigenvalue weighted by Gasteiger charge is -2.41. The molecule has 5 heteroatoms. The van der Waals surface area contributed by atoms with Crippen LogP contribution in [0.1, 0.15) is 58.3 Å². The molecule has 2 amide bonds. The predicted molar refractivity (Wildman–Crippen MR) is 76.5 cm³/mol. The van der Waals surface area contributed by atoms with E-state index in [2.05, 4.69) is 17.6 Å². The van der Waals surface area contributed by atoms with Crippen molar-refractivity contribution in [1.29, 1.82) is 0 Å². The summed E-state index contributed by atoms with van der Waals surface area (Å²) in [6, 6.07) is -0.205. The highest BCUT2D eigenvalue weighted by Crippen LogP contribution is 2.35. The van der Waals surface area contributed by atoms with Gasteiger partial charge in [-0.2, -0.15) is 0 Å². The van der Waals surface area contributed by atoms with Crippen molar-refractivity contribution in [3.8, 4) is 0 Å². The third-order valence-electron chi connectivity index (χ3n) is 4.99. The van der Waals surface area contributed by atoms with Gasteiger partial charge >= 0.3 is 12.0 Å². The Morgan fingerprint density at radius 1 is 1.20 bits per heavy atom. The molecule has 0 saturated heterocycles. The smallest absolute Gasteiger partial charge is 0.315 e. The normalized spacial score (nSPS) is 28.2. The molecule has 20 heavy (non-hydrogen) atoms. The Hall–Kier alpha value is -1.26. The third kappa shape index (κ3) is 3.87. The standard InChI is InChI=1S/C15H26N2O3/c1-11-5-2-3-6-12(11)10-16-14(20)17-15(7-4-8-15)9-13(18)19/h11-12H,2-10H2,1H3,(H,18,19)(H2,16,17,20). The first-order valence-electron chi connectivity index (χ1n) is 7.79. The van der Waals surface area contributed by atoms with Crippen LogP contribution in [0.25, 0.3) is 0 Å². The molecule has 2 aliphatic carbocycles. The van der Waals surface area contributed by atoms with Gasteiger partial charge in [-0.05, 0) is 37.5 Å². The molecule has 0 bridgehead atoms. The summed E-state index contributed by atoms with van der Waals surface area (Å²) in [6.07, 6.45) is 7.54. The van der Waals surface area contributed by atoms with Gasteiger partial charge in [-0.15, -0.1) is 0 Å². The number of aliphatic carboxylic acids is 1. The highest BCUT2D eigenvalue weighted by atomic mass is 16.4. The Bertz CT molecular complexity index is 366. The molecule has 0 aromatic carbocycles. The topological polar surface area (TPSA) is 78.4 Å². The van der Waals surface area contributed by atoms with Crippen LogP contribution in [0.15, 0.2) is 0 Å². The molecular weight excluding hydrogens is 256 g/mol. The van der Waals surface area contributed by atoms with E-state index in [0.29, 0.717) is 18.4 Å². The fraction of sp³-hybridized carbons (Fsp3) is 0.867. The van der Waals surface area contributed by atoms with Gasteiger partial charge in [0.2, 0.25) is 0 Å². The van der Waals surface area contributed by atoms with Gasteiger partial charge in [0, 0.05) is 6.54 Å². The predicted octanol–water partition coefficient (Wildman–Crippen LogP) is 2.51. The van der Waals surface area contributed by atoms with E-state index in [9.17, 15) is 9.59 Å². The Morgan fingerprint density at radius 2 is 1.90 bits per heavy atom. The van der Waals surface area contributed by atoms with Crippen LogP contribution in [-0.2, 0) is 4.79 Å². The molecule has 0 radical (unpaired) electrons. The Morgan fingerprint density at radius 3 is 2.45 bits per heavy atom. The molecule has 3 N–H and O–H groups in total. The first-order chi connectivity index (χ1) is 9.51. The number of hydrogen-bond acceptors (Lipinski definition) is 2. The Kier molecular flexibility index (Phi) is 4.89. The van der Waals surface area contributed by atoms with Crippen LogP contribution >= 0.6 is 0 Å². The number of urea groups is 1. The molecule has 114 valence electrons. The fourth-order valence-corrected chi connectivity index (χ4v) is 3.44. The van der Waals surface area contributed by atoms with Crippen LogP contribution in [0.4, 0.5) is 4.79 Å². The van der Waals surface area contributed by atoms with Gasteiger partial charge in [0.1, 0.15) is 0 Å². The zero-order valence-corrected chi connectivity index (χ0v) is 12.3.